The maximum atomic E-state index is 11.8. The molecule has 0 radical (unpaired) electrons. The van der Waals surface area contributed by atoms with Crippen molar-refractivity contribution in [2.75, 3.05) is 13.1 Å². The first-order valence-electron chi connectivity index (χ1n) is 7.52. The van der Waals surface area contributed by atoms with E-state index in [9.17, 15) is 4.79 Å². The van der Waals surface area contributed by atoms with Gasteiger partial charge < -0.3 is 14.2 Å². The van der Waals surface area contributed by atoms with Crippen molar-refractivity contribution in [3.05, 3.63) is 11.7 Å². The van der Waals surface area contributed by atoms with Gasteiger partial charge in [0.2, 0.25) is 5.89 Å². The standard InChI is InChI=1S/C15H25N3O3/c1-10(2)6-12-16-13(21-17-12)7-11-8-18(9-11)14(19)20-15(3,4)5/h10-11H,6-9H2,1-5H3. The Balaban J connectivity index is 1.75. The molecular weight excluding hydrogens is 270 g/mol. The lowest BCUT2D eigenvalue weighted by molar-refractivity contribution is -0.00186. The van der Waals surface area contributed by atoms with Gasteiger partial charge in [-0.3, -0.25) is 0 Å². The van der Waals surface area contributed by atoms with Crippen LogP contribution in [0.4, 0.5) is 4.79 Å². The molecule has 0 aromatic carbocycles. The third-order valence-corrected chi connectivity index (χ3v) is 3.17. The highest BCUT2D eigenvalue weighted by Crippen LogP contribution is 2.22. The van der Waals surface area contributed by atoms with Crippen molar-refractivity contribution in [2.45, 2.75) is 53.1 Å². The van der Waals surface area contributed by atoms with E-state index in [-0.39, 0.29) is 6.09 Å². The molecule has 2 rings (SSSR count). The Morgan fingerprint density at radius 2 is 2.10 bits per heavy atom. The summed E-state index contributed by atoms with van der Waals surface area (Å²) >= 11 is 0. The van der Waals surface area contributed by atoms with Gasteiger partial charge in [0.15, 0.2) is 5.82 Å². The second-order valence-corrected chi connectivity index (χ2v) is 7.16. The molecule has 1 aromatic rings. The van der Waals surface area contributed by atoms with Gasteiger partial charge in [0.25, 0.3) is 0 Å². The first-order valence-corrected chi connectivity index (χ1v) is 7.52. The van der Waals surface area contributed by atoms with E-state index in [1.54, 1.807) is 4.90 Å². The smallest absolute Gasteiger partial charge is 0.410 e. The molecule has 118 valence electrons. The predicted molar refractivity (Wildman–Crippen MR) is 77.8 cm³/mol. The molecular formula is C15H25N3O3. The van der Waals surface area contributed by atoms with Gasteiger partial charge in [0.05, 0.1) is 0 Å². The summed E-state index contributed by atoms with van der Waals surface area (Å²) < 4.78 is 10.6. The van der Waals surface area contributed by atoms with Gasteiger partial charge in [0.1, 0.15) is 5.60 Å². The lowest BCUT2D eigenvalue weighted by atomic mass is 9.97. The van der Waals surface area contributed by atoms with Crippen LogP contribution in [-0.2, 0) is 17.6 Å². The Kier molecular flexibility index (Phi) is 4.54. The van der Waals surface area contributed by atoms with Crippen LogP contribution in [0.15, 0.2) is 4.52 Å². The molecule has 0 N–H and O–H groups in total. The molecule has 1 amide bonds. The molecule has 0 aliphatic carbocycles. The summed E-state index contributed by atoms with van der Waals surface area (Å²) in [6, 6.07) is 0. The van der Waals surface area contributed by atoms with Crippen molar-refractivity contribution in [1.82, 2.24) is 15.0 Å². The van der Waals surface area contributed by atoms with Gasteiger partial charge in [-0.05, 0) is 26.7 Å². The van der Waals surface area contributed by atoms with E-state index in [1.807, 2.05) is 20.8 Å². The number of carbonyl (C=O) groups excluding carboxylic acids is 1. The minimum atomic E-state index is -0.444. The third-order valence-electron chi connectivity index (χ3n) is 3.17. The number of hydrogen-bond acceptors (Lipinski definition) is 5. The summed E-state index contributed by atoms with van der Waals surface area (Å²) in [4.78, 5) is 17.9. The number of ether oxygens (including phenoxy) is 1. The fraction of sp³-hybridized carbons (Fsp3) is 0.800. The second kappa shape index (κ2) is 6.03. The maximum absolute atomic E-state index is 11.8. The van der Waals surface area contributed by atoms with E-state index in [2.05, 4.69) is 24.0 Å². The Hall–Kier alpha value is -1.59. The number of likely N-dealkylation sites (tertiary alicyclic amines) is 1. The highest BCUT2D eigenvalue weighted by atomic mass is 16.6. The first kappa shape index (κ1) is 15.8. The zero-order valence-corrected chi connectivity index (χ0v) is 13.5. The number of hydrogen-bond donors (Lipinski definition) is 0. The molecule has 0 bridgehead atoms. The number of amides is 1. The lowest BCUT2D eigenvalue weighted by Crippen LogP contribution is -2.52. The summed E-state index contributed by atoms with van der Waals surface area (Å²) in [6.45, 7) is 11.2. The summed E-state index contributed by atoms with van der Waals surface area (Å²) in [7, 11) is 0. The SMILES string of the molecule is CC(C)Cc1noc(CC2CN(C(=O)OC(C)(C)C)C2)n1. The summed E-state index contributed by atoms with van der Waals surface area (Å²) in [6.07, 6.45) is 1.31. The van der Waals surface area contributed by atoms with Crippen molar-refractivity contribution < 1.29 is 14.1 Å². The van der Waals surface area contributed by atoms with E-state index in [4.69, 9.17) is 9.26 Å². The van der Waals surface area contributed by atoms with Gasteiger partial charge in [0, 0.05) is 31.8 Å². The first-order chi connectivity index (χ1) is 9.73. The van der Waals surface area contributed by atoms with Crippen LogP contribution in [0.5, 0.6) is 0 Å². The Morgan fingerprint density at radius 3 is 2.67 bits per heavy atom. The summed E-state index contributed by atoms with van der Waals surface area (Å²) in [5.74, 6) is 2.33. The zero-order chi connectivity index (χ0) is 15.6. The van der Waals surface area contributed by atoms with Gasteiger partial charge in [-0.2, -0.15) is 4.98 Å². The van der Waals surface area contributed by atoms with Crippen LogP contribution in [-0.4, -0.2) is 39.8 Å². The van der Waals surface area contributed by atoms with Crippen LogP contribution < -0.4 is 0 Å². The highest BCUT2D eigenvalue weighted by molar-refractivity contribution is 5.69. The zero-order valence-electron chi connectivity index (χ0n) is 13.5. The minimum Gasteiger partial charge on any atom is -0.444 e. The fourth-order valence-electron chi connectivity index (χ4n) is 2.24. The Bertz CT molecular complexity index is 485. The third kappa shape index (κ3) is 4.72. The molecule has 0 saturated carbocycles. The molecule has 0 unspecified atom stereocenters. The molecule has 1 saturated heterocycles. The van der Waals surface area contributed by atoms with Gasteiger partial charge in [-0.1, -0.05) is 19.0 Å². The lowest BCUT2D eigenvalue weighted by Gasteiger charge is -2.39. The van der Waals surface area contributed by atoms with Crippen molar-refractivity contribution in [1.29, 1.82) is 0 Å². The van der Waals surface area contributed by atoms with E-state index in [0.717, 1.165) is 18.7 Å². The van der Waals surface area contributed by atoms with Crippen LogP contribution >= 0.6 is 0 Å². The van der Waals surface area contributed by atoms with Crippen molar-refractivity contribution in [3.8, 4) is 0 Å². The van der Waals surface area contributed by atoms with Gasteiger partial charge in [-0.15, -0.1) is 0 Å². The molecule has 1 fully saturated rings. The second-order valence-electron chi connectivity index (χ2n) is 7.16. The van der Waals surface area contributed by atoms with Crippen LogP contribution in [0.2, 0.25) is 0 Å². The van der Waals surface area contributed by atoms with Crippen LogP contribution in [0.1, 0.15) is 46.3 Å². The molecule has 6 nitrogen and oxygen atoms in total. The number of carbonyl (C=O) groups is 1. The largest absolute Gasteiger partial charge is 0.444 e. The van der Waals surface area contributed by atoms with E-state index < -0.39 is 5.60 Å². The molecule has 0 atom stereocenters. The van der Waals surface area contributed by atoms with E-state index in [0.29, 0.717) is 30.8 Å². The quantitative estimate of drug-likeness (QED) is 0.854. The number of rotatable bonds is 4. The van der Waals surface area contributed by atoms with Crippen LogP contribution in [0.25, 0.3) is 0 Å². The number of aromatic nitrogens is 2. The van der Waals surface area contributed by atoms with E-state index >= 15 is 0 Å². The van der Waals surface area contributed by atoms with Gasteiger partial charge in [-0.25, -0.2) is 4.79 Å². The molecule has 1 aromatic heterocycles. The normalized spacial score (nSPS) is 16.2. The molecule has 21 heavy (non-hydrogen) atoms. The molecule has 1 aliphatic heterocycles. The molecule has 2 heterocycles. The Morgan fingerprint density at radius 1 is 1.43 bits per heavy atom. The monoisotopic (exact) mass is 295 g/mol. The Labute approximate surface area is 125 Å². The predicted octanol–water partition coefficient (Wildman–Crippen LogP) is 2.68. The van der Waals surface area contributed by atoms with E-state index in [1.165, 1.54) is 0 Å². The van der Waals surface area contributed by atoms with Crippen LogP contribution in [0.3, 0.4) is 0 Å². The number of nitrogens with zero attached hydrogens (tertiary/aromatic N) is 3. The molecule has 0 spiro atoms. The van der Waals surface area contributed by atoms with Gasteiger partial charge >= 0.3 is 6.09 Å². The van der Waals surface area contributed by atoms with Crippen molar-refractivity contribution >= 4 is 6.09 Å². The summed E-state index contributed by atoms with van der Waals surface area (Å²) in [5, 5.41) is 3.98. The average Bonchev–Trinajstić information content (AvgIpc) is 2.66. The van der Waals surface area contributed by atoms with Crippen LogP contribution in [0, 0.1) is 11.8 Å². The average molecular weight is 295 g/mol. The maximum Gasteiger partial charge on any atom is 0.410 e. The van der Waals surface area contributed by atoms with Crippen molar-refractivity contribution in [3.63, 3.8) is 0 Å². The highest BCUT2D eigenvalue weighted by Gasteiger charge is 2.34. The fourth-order valence-corrected chi connectivity index (χ4v) is 2.24. The summed E-state index contributed by atoms with van der Waals surface area (Å²) in [5.41, 5.74) is -0.444. The molecule has 6 heteroatoms. The molecule has 1 aliphatic rings. The topological polar surface area (TPSA) is 68.5 Å². The minimum absolute atomic E-state index is 0.246. The van der Waals surface area contributed by atoms with Crippen molar-refractivity contribution in [2.24, 2.45) is 11.8 Å².